The second kappa shape index (κ2) is 2.84. The van der Waals surface area contributed by atoms with Crippen molar-refractivity contribution in [1.29, 1.82) is 0 Å². The molecule has 2 heteroatoms. The van der Waals surface area contributed by atoms with Gasteiger partial charge in [-0.2, -0.15) is 0 Å². The van der Waals surface area contributed by atoms with Gasteiger partial charge in [-0.15, -0.1) is 0 Å². The SMILES string of the molecule is COc1ccccc1C12CCC(C1)C2=O. The van der Waals surface area contributed by atoms with Crippen LogP contribution in [0.15, 0.2) is 24.3 Å². The number of rotatable bonds is 2. The van der Waals surface area contributed by atoms with Crippen LogP contribution in [0.1, 0.15) is 24.8 Å². The molecule has 4 rings (SSSR count). The summed E-state index contributed by atoms with van der Waals surface area (Å²) in [5, 5.41) is 0. The summed E-state index contributed by atoms with van der Waals surface area (Å²) in [6.45, 7) is 0. The van der Waals surface area contributed by atoms with Gasteiger partial charge in [0.25, 0.3) is 0 Å². The summed E-state index contributed by atoms with van der Waals surface area (Å²) in [5.41, 5.74) is 0.920. The van der Waals surface area contributed by atoms with Gasteiger partial charge < -0.3 is 4.74 Å². The number of ether oxygens (including phenoxy) is 1. The van der Waals surface area contributed by atoms with Gasteiger partial charge in [0.1, 0.15) is 11.5 Å². The van der Waals surface area contributed by atoms with Gasteiger partial charge in [0.05, 0.1) is 12.5 Å². The molecular formula is C13H14O2. The van der Waals surface area contributed by atoms with E-state index in [4.69, 9.17) is 4.74 Å². The molecule has 0 radical (unpaired) electrons. The van der Waals surface area contributed by atoms with Gasteiger partial charge in [0.2, 0.25) is 0 Å². The number of Topliss-reactive ketones (excluding diaryl/α,β-unsaturated/α-hetero) is 1. The van der Waals surface area contributed by atoms with Crippen molar-refractivity contribution in [3.8, 4) is 5.75 Å². The van der Waals surface area contributed by atoms with Crippen LogP contribution in [-0.4, -0.2) is 12.9 Å². The van der Waals surface area contributed by atoms with E-state index in [-0.39, 0.29) is 5.41 Å². The average molecular weight is 202 g/mol. The fourth-order valence-electron chi connectivity index (χ4n) is 3.17. The predicted octanol–water partition coefficient (Wildman–Crippen LogP) is 2.32. The van der Waals surface area contributed by atoms with Crippen molar-refractivity contribution >= 4 is 5.78 Å². The summed E-state index contributed by atoms with van der Waals surface area (Å²) < 4.78 is 5.34. The lowest BCUT2D eigenvalue weighted by Crippen LogP contribution is -2.44. The van der Waals surface area contributed by atoms with Crippen molar-refractivity contribution in [3.63, 3.8) is 0 Å². The number of fused-ring (bicyclic) bond motifs is 1. The van der Waals surface area contributed by atoms with Crippen LogP contribution in [0.5, 0.6) is 5.75 Å². The van der Waals surface area contributed by atoms with Crippen molar-refractivity contribution in [2.24, 2.45) is 5.92 Å². The molecule has 0 aliphatic heterocycles. The van der Waals surface area contributed by atoms with E-state index in [9.17, 15) is 4.79 Å². The van der Waals surface area contributed by atoms with Crippen LogP contribution in [0.25, 0.3) is 0 Å². The molecule has 2 bridgehead atoms. The minimum Gasteiger partial charge on any atom is -0.496 e. The lowest BCUT2D eigenvalue weighted by Gasteiger charge is -2.37. The molecule has 0 spiro atoms. The van der Waals surface area contributed by atoms with Gasteiger partial charge in [-0.3, -0.25) is 4.79 Å². The number of hydrogen-bond acceptors (Lipinski definition) is 2. The first-order valence-corrected chi connectivity index (χ1v) is 5.46. The zero-order chi connectivity index (χ0) is 10.5. The van der Waals surface area contributed by atoms with Gasteiger partial charge in [-0.25, -0.2) is 0 Å². The summed E-state index contributed by atoms with van der Waals surface area (Å²) >= 11 is 0. The van der Waals surface area contributed by atoms with Crippen LogP contribution in [0, 0.1) is 5.92 Å². The van der Waals surface area contributed by atoms with E-state index in [1.54, 1.807) is 7.11 Å². The Kier molecular flexibility index (Phi) is 1.70. The number of hydrogen-bond donors (Lipinski definition) is 0. The summed E-state index contributed by atoms with van der Waals surface area (Å²) in [6, 6.07) is 7.93. The van der Waals surface area contributed by atoms with Crippen LogP contribution in [0.3, 0.4) is 0 Å². The maximum atomic E-state index is 12.0. The first-order chi connectivity index (χ1) is 7.28. The van der Waals surface area contributed by atoms with Crippen LogP contribution < -0.4 is 4.74 Å². The Morgan fingerprint density at radius 3 is 2.80 bits per heavy atom. The van der Waals surface area contributed by atoms with Gasteiger partial charge >= 0.3 is 0 Å². The summed E-state index contributed by atoms with van der Waals surface area (Å²) in [4.78, 5) is 12.0. The second-order valence-corrected chi connectivity index (χ2v) is 4.59. The zero-order valence-electron chi connectivity index (χ0n) is 8.82. The molecule has 3 saturated carbocycles. The van der Waals surface area contributed by atoms with Crippen molar-refractivity contribution in [2.75, 3.05) is 7.11 Å². The smallest absolute Gasteiger partial charge is 0.146 e. The number of carbonyl (C=O) groups is 1. The largest absolute Gasteiger partial charge is 0.496 e. The molecular weight excluding hydrogens is 188 g/mol. The standard InChI is InChI=1S/C13H14O2/c1-15-11-5-3-2-4-10(11)13-7-6-9(8-13)12(13)14/h2-5,9H,6-8H2,1H3. The van der Waals surface area contributed by atoms with E-state index < -0.39 is 0 Å². The summed E-state index contributed by atoms with van der Waals surface area (Å²) in [5.74, 6) is 1.65. The van der Waals surface area contributed by atoms with Crippen molar-refractivity contribution in [2.45, 2.75) is 24.7 Å². The number of carbonyl (C=O) groups excluding carboxylic acids is 1. The first kappa shape index (κ1) is 8.96. The third kappa shape index (κ3) is 0.969. The van der Waals surface area contributed by atoms with Crippen LogP contribution in [0.4, 0.5) is 0 Å². The third-order valence-corrected chi connectivity index (χ3v) is 3.98. The fraction of sp³-hybridized carbons (Fsp3) is 0.462. The topological polar surface area (TPSA) is 26.3 Å². The van der Waals surface area contributed by atoms with Crippen LogP contribution in [0.2, 0.25) is 0 Å². The van der Waals surface area contributed by atoms with E-state index in [1.165, 1.54) is 0 Å². The average Bonchev–Trinajstić information content (AvgIpc) is 2.86. The molecule has 1 aromatic rings. The monoisotopic (exact) mass is 202 g/mol. The Morgan fingerprint density at radius 2 is 2.20 bits per heavy atom. The predicted molar refractivity (Wildman–Crippen MR) is 57.0 cm³/mol. The highest BCUT2D eigenvalue weighted by Crippen LogP contribution is 2.58. The summed E-state index contributed by atoms with van der Waals surface area (Å²) in [7, 11) is 1.67. The molecule has 2 atom stereocenters. The second-order valence-electron chi connectivity index (χ2n) is 4.59. The Morgan fingerprint density at radius 1 is 1.40 bits per heavy atom. The minimum absolute atomic E-state index is 0.183. The van der Waals surface area contributed by atoms with E-state index >= 15 is 0 Å². The molecule has 0 amide bonds. The number of benzene rings is 1. The van der Waals surface area contributed by atoms with Gasteiger partial charge in [0.15, 0.2) is 0 Å². The van der Waals surface area contributed by atoms with E-state index in [0.29, 0.717) is 11.7 Å². The molecule has 2 unspecified atom stereocenters. The quantitative estimate of drug-likeness (QED) is 0.735. The molecule has 3 aliphatic rings. The number of ketones is 1. The molecule has 1 aromatic carbocycles. The molecule has 0 saturated heterocycles. The Balaban J connectivity index is 2.10. The Hall–Kier alpha value is -1.31. The molecule has 78 valence electrons. The highest BCUT2D eigenvalue weighted by atomic mass is 16.5. The van der Waals surface area contributed by atoms with Crippen LogP contribution >= 0.6 is 0 Å². The Bertz CT molecular complexity index is 420. The molecule has 2 nitrogen and oxygen atoms in total. The maximum Gasteiger partial charge on any atom is 0.146 e. The Labute approximate surface area is 89.2 Å². The highest BCUT2D eigenvalue weighted by Gasteiger charge is 2.60. The van der Waals surface area contributed by atoms with E-state index in [2.05, 4.69) is 0 Å². The molecule has 0 heterocycles. The maximum absolute atomic E-state index is 12.0. The lowest BCUT2D eigenvalue weighted by atomic mass is 9.64. The van der Waals surface area contributed by atoms with Crippen LogP contribution in [-0.2, 0) is 10.2 Å². The first-order valence-electron chi connectivity index (χ1n) is 5.46. The van der Waals surface area contributed by atoms with Crippen molar-refractivity contribution in [1.82, 2.24) is 0 Å². The molecule has 0 aromatic heterocycles. The molecule has 3 fully saturated rings. The minimum atomic E-state index is -0.183. The molecule has 15 heavy (non-hydrogen) atoms. The van der Waals surface area contributed by atoms with Gasteiger partial charge in [0, 0.05) is 11.5 Å². The zero-order valence-corrected chi connectivity index (χ0v) is 8.82. The summed E-state index contributed by atoms with van der Waals surface area (Å²) in [6.07, 6.45) is 3.11. The number of methoxy groups -OCH3 is 1. The van der Waals surface area contributed by atoms with Crippen molar-refractivity contribution < 1.29 is 9.53 Å². The van der Waals surface area contributed by atoms with E-state index in [0.717, 1.165) is 30.6 Å². The highest BCUT2D eigenvalue weighted by molar-refractivity contribution is 6.00. The molecule has 3 aliphatic carbocycles. The number of para-hydroxylation sites is 1. The van der Waals surface area contributed by atoms with Crippen molar-refractivity contribution in [3.05, 3.63) is 29.8 Å². The molecule has 0 N–H and O–H groups in total. The van der Waals surface area contributed by atoms with Gasteiger partial charge in [-0.05, 0) is 25.3 Å². The van der Waals surface area contributed by atoms with Gasteiger partial charge in [-0.1, -0.05) is 18.2 Å². The fourth-order valence-corrected chi connectivity index (χ4v) is 3.17. The van der Waals surface area contributed by atoms with E-state index in [1.807, 2.05) is 24.3 Å². The normalized spacial score (nSPS) is 32.6. The lowest BCUT2D eigenvalue weighted by molar-refractivity contribution is -0.133. The third-order valence-electron chi connectivity index (χ3n) is 3.98.